The van der Waals surface area contributed by atoms with E-state index in [-0.39, 0.29) is 0 Å². The third-order valence-corrected chi connectivity index (χ3v) is 2.92. The van der Waals surface area contributed by atoms with Crippen LogP contribution in [0.1, 0.15) is 12.8 Å². The molecule has 0 aliphatic carbocycles. The summed E-state index contributed by atoms with van der Waals surface area (Å²) in [5.74, 6) is 1.51. The van der Waals surface area contributed by atoms with Crippen molar-refractivity contribution in [3.63, 3.8) is 0 Å². The zero-order valence-electron chi connectivity index (χ0n) is 8.71. The van der Waals surface area contributed by atoms with Crippen LogP contribution in [0.25, 0.3) is 0 Å². The van der Waals surface area contributed by atoms with Crippen molar-refractivity contribution in [3.8, 4) is 5.75 Å². The van der Waals surface area contributed by atoms with Gasteiger partial charge in [-0.15, -0.1) is 0 Å². The van der Waals surface area contributed by atoms with Crippen molar-refractivity contribution in [2.24, 2.45) is 5.92 Å². The molecular weight excluding hydrogens is 210 g/mol. The van der Waals surface area contributed by atoms with Gasteiger partial charge >= 0.3 is 0 Å². The standard InChI is InChI=1S/C12H16ClNO/c13-11-4-1-5-12(7-11)15-9-10-3-2-6-14-8-10/h1,4-5,7,10,14H,2-3,6,8-9H2/t10-/m1/s1. The van der Waals surface area contributed by atoms with Gasteiger partial charge in [0.25, 0.3) is 0 Å². The Hall–Kier alpha value is -0.730. The zero-order chi connectivity index (χ0) is 10.5. The molecule has 1 aromatic rings. The van der Waals surface area contributed by atoms with E-state index in [4.69, 9.17) is 16.3 Å². The molecule has 1 aromatic carbocycles. The number of ether oxygens (including phenoxy) is 1. The molecule has 1 aliphatic rings. The summed E-state index contributed by atoms with van der Waals surface area (Å²) < 4.78 is 5.70. The van der Waals surface area contributed by atoms with Gasteiger partial charge in [-0.2, -0.15) is 0 Å². The lowest BCUT2D eigenvalue weighted by atomic mass is 10.0. The topological polar surface area (TPSA) is 21.3 Å². The molecule has 1 saturated heterocycles. The molecule has 1 heterocycles. The highest BCUT2D eigenvalue weighted by Crippen LogP contribution is 2.19. The molecule has 1 N–H and O–H groups in total. The molecule has 82 valence electrons. The predicted molar refractivity (Wildman–Crippen MR) is 62.5 cm³/mol. The fourth-order valence-corrected chi connectivity index (χ4v) is 2.02. The van der Waals surface area contributed by atoms with Crippen molar-refractivity contribution in [1.82, 2.24) is 5.32 Å². The number of rotatable bonds is 3. The minimum Gasteiger partial charge on any atom is -0.493 e. The Kier molecular flexibility index (Phi) is 3.87. The van der Waals surface area contributed by atoms with Crippen molar-refractivity contribution >= 4 is 11.6 Å². The lowest BCUT2D eigenvalue weighted by Gasteiger charge is -2.22. The molecule has 0 saturated carbocycles. The molecule has 3 heteroatoms. The minimum atomic E-state index is 0.637. The Bertz CT molecular complexity index is 310. The highest BCUT2D eigenvalue weighted by atomic mass is 35.5. The predicted octanol–water partition coefficient (Wildman–Crippen LogP) is 2.72. The lowest BCUT2D eigenvalue weighted by molar-refractivity contribution is 0.218. The molecule has 0 unspecified atom stereocenters. The van der Waals surface area contributed by atoms with Crippen molar-refractivity contribution in [2.75, 3.05) is 19.7 Å². The van der Waals surface area contributed by atoms with Crippen LogP contribution in [0.2, 0.25) is 5.02 Å². The van der Waals surface area contributed by atoms with Gasteiger partial charge in [0.05, 0.1) is 6.61 Å². The average molecular weight is 226 g/mol. The number of halogens is 1. The molecule has 0 amide bonds. The van der Waals surface area contributed by atoms with Gasteiger partial charge in [0.15, 0.2) is 0 Å². The van der Waals surface area contributed by atoms with Crippen LogP contribution >= 0.6 is 11.6 Å². The normalized spacial score (nSPS) is 21.3. The maximum atomic E-state index is 5.87. The number of benzene rings is 1. The highest BCUT2D eigenvalue weighted by molar-refractivity contribution is 6.30. The van der Waals surface area contributed by atoms with Crippen LogP contribution in [0.3, 0.4) is 0 Å². The van der Waals surface area contributed by atoms with Crippen molar-refractivity contribution < 1.29 is 4.74 Å². The van der Waals surface area contributed by atoms with E-state index >= 15 is 0 Å². The van der Waals surface area contributed by atoms with Crippen molar-refractivity contribution in [1.29, 1.82) is 0 Å². The maximum absolute atomic E-state index is 5.87. The average Bonchev–Trinajstić information content (AvgIpc) is 2.28. The molecule has 1 fully saturated rings. The molecule has 0 spiro atoms. The highest BCUT2D eigenvalue weighted by Gasteiger charge is 2.13. The van der Waals surface area contributed by atoms with Gasteiger partial charge < -0.3 is 10.1 Å². The summed E-state index contributed by atoms with van der Waals surface area (Å²) in [5.41, 5.74) is 0. The quantitative estimate of drug-likeness (QED) is 0.854. The van der Waals surface area contributed by atoms with Gasteiger partial charge in [-0.3, -0.25) is 0 Å². The Morgan fingerprint density at radius 2 is 2.40 bits per heavy atom. The summed E-state index contributed by atoms with van der Waals surface area (Å²) in [5, 5.41) is 4.11. The van der Waals surface area contributed by atoms with Crippen molar-refractivity contribution in [3.05, 3.63) is 29.3 Å². The van der Waals surface area contributed by atoms with Crippen LogP contribution in [0.15, 0.2) is 24.3 Å². The number of piperidine rings is 1. The van der Waals surface area contributed by atoms with E-state index in [0.29, 0.717) is 5.92 Å². The van der Waals surface area contributed by atoms with Gasteiger partial charge in [0.1, 0.15) is 5.75 Å². The van der Waals surface area contributed by atoms with Gasteiger partial charge in [0, 0.05) is 17.5 Å². The summed E-state index contributed by atoms with van der Waals surface area (Å²) in [6.07, 6.45) is 2.51. The second-order valence-corrected chi connectivity index (χ2v) is 4.42. The summed E-state index contributed by atoms with van der Waals surface area (Å²) >= 11 is 5.87. The maximum Gasteiger partial charge on any atom is 0.120 e. The minimum absolute atomic E-state index is 0.637. The molecule has 0 bridgehead atoms. The van der Waals surface area contributed by atoms with E-state index < -0.39 is 0 Å². The van der Waals surface area contributed by atoms with Crippen LogP contribution in [0.5, 0.6) is 5.75 Å². The molecule has 2 nitrogen and oxygen atoms in total. The summed E-state index contributed by atoms with van der Waals surface area (Å²) in [6.45, 7) is 3.00. The number of hydrogen-bond acceptors (Lipinski definition) is 2. The summed E-state index contributed by atoms with van der Waals surface area (Å²) in [6, 6.07) is 7.58. The van der Waals surface area contributed by atoms with Gasteiger partial charge in [-0.05, 0) is 37.6 Å². The summed E-state index contributed by atoms with van der Waals surface area (Å²) in [4.78, 5) is 0. The molecule has 2 rings (SSSR count). The molecule has 1 atom stereocenters. The van der Waals surface area contributed by atoms with E-state index in [0.717, 1.165) is 30.5 Å². The first-order chi connectivity index (χ1) is 7.34. The third-order valence-electron chi connectivity index (χ3n) is 2.68. The largest absolute Gasteiger partial charge is 0.493 e. The van der Waals surface area contributed by atoms with Gasteiger partial charge in [-0.25, -0.2) is 0 Å². The van der Waals surface area contributed by atoms with E-state index in [2.05, 4.69) is 5.32 Å². The molecule has 15 heavy (non-hydrogen) atoms. The SMILES string of the molecule is Clc1cccc(OC[C@@H]2CCCNC2)c1. The summed E-state index contributed by atoms with van der Waals surface area (Å²) in [7, 11) is 0. The monoisotopic (exact) mass is 225 g/mol. The molecular formula is C12H16ClNO. The van der Waals surface area contributed by atoms with Crippen LogP contribution in [0.4, 0.5) is 0 Å². The van der Waals surface area contributed by atoms with Crippen LogP contribution < -0.4 is 10.1 Å². The second-order valence-electron chi connectivity index (χ2n) is 3.98. The van der Waals surface area contributed by atoms with Crippen molar-refractivity contribution in [2.45, 2.75) is 12.8 Å². The van der Waals surface area contributed by atoms with E-state index in [1.807, 2.05) is 24.3 Å². The van der Waals surface area contributed by atoms with Crippen LogP contribution in [-0.2, 0) is 0 Å². The number of nitrogens with one attached hydrogen (secondary N) is 1. The molecule has 1 aliphatic heterocycles. The first kappa shape index (κ1) is 10.8. The fourth-order valence-electron chi connectivity index (χ4n) is 1.84. The Balaban J connectivity index is 1.81. The van der Waals surface area contributed by atoms with Crippen LogP contribution in [-0.4, -0.2) is 19.7 Å². The number of hydrogen-bond donors (Lipinski definition) is 1. The Morgan fingerprint density at radius 1 is 1.47 bits per heavy atom. The third kappa shape index (κ3) is 3.40. The fraction of sp³-hybridized carbons (Fsp3) is 0.500. The molecule has 0 aromatic heterocycles. The zero-order valence-corrected chi connectivity index (χ0v) is 9.46. The Morgan fingerprint density at radius 3 is 3.13 bits per heavy atom. The Labute approximate surface area is 95.6 Å². The van der Waals surface area contributed by atoms with Gasteiger partial charge in [0.2, 0.25) is 0 Å². The lowest BCUT2D eigenvalue weighted by Crippen LogP contribution is -2.33. The van der Waals surface area contributed by atoms with Crippen LogP contribution in [0, 0.1) is 5.92 Å². The van der Waals surface area contributed by atoms with E-state index in [1.54, 1.807) is 0 Å². The second kappa shape index (κ2) is 5.38. The van der Waals surface area contributed by atoms with Gasteiger partial charge in [-0.1, -0.05) is 17.7 Å². The first-order valence-electron chi connectivity index (χ1n) is 5.44. The van der Waals surface area contributed by atoms with E-state index in [1.165, 1.54) is 12.8 Å². The molecule has 0 radical (unpaired) electrons. The van der Waals surface area contributed by atoms with E-state index in [9.17, 15) is 0 Å². The smallest absolute Gasteiger partial charge is 0.120 e. The first-order valence-corrected chi connectivity index (χ1v) is 5.81.